The van der Waals surface area contributed by atoms with Crippen LogP contribution in [0.1, 0.15) is 25.0 Å². The first kappa shape index (κ1) is 14.6. The highest BCUT2D eigenvalue weighted by atomic mass is 16.5. The summed E-state index contributed by atoms with van der Waals surface area (Å²) in [7, 11) is 3.35. The molecule has 0 spiro atoms. The number of ether oxygens (including phenoxy) is 2. The second-order valence-electron chi connectivity index (χ2n) is 5.25. The van der Waals surface area contributed by atoms with Crippen LogP contribution in [0.25, 0.3) is 0 Å². The highest BCUT2D eigenvalue weighted by Crippen LogP contribution is 2.36. The minimum absolute atomic E-state index is 0.281. The van der Waals surface area contributed by atoms with Gasteiger partial charge >= 0.3 is 0 Å². The van der Waals surface area contributed by atoms with Crippen LogP contribution in [0.15, 0.2) is 6.07 Å². The van der Waals surface area contributed by atoms with E-state index < -0.39 is 0 Å². The van der Waals surface area contributed by atoms with Gasteiger partial charge in [-0.15, -0.1) is 0 Å². The molecule has 0 fully saturated rings. The summed E-state index contributed by atoms with van der Waals surface area (Å²) < 4.78 is 10.8. The Hall–Kier alpha value is -1.42. The van der Waals surface area contributed by atoms with Gasteiger partial charge in [-0.2, -0.15) is 0 Å². The molecule has 1 aromatic rings. The molecule has 18 heavy (non-hydrogen) atoms. The summed E-state index contributed by atoms with van der Waals surface area (Å²) in [6.45, 7) is 8.66. The monoisotopic (exact) mass is 252 g/mol. The van der Waals surface area contributed by atoms with E-state index in [0.717, 1.165) is 28.3 Å². The molecule has 0 atom stereocenters. The summed E-state index contributed by atoms with van der Waals surface area (Å²) in [4.78, 5) is 0. The third-order valence-corrected chi connectivity index (χ3v) is 2.95. The Kier molecular flexibility index (Phi) is 4.46. The van der Waals surface area contributed by atoms with Crippen LogP contribution >= 0.6 is 0 Å². The second kappa shape index (κ2) is 5.48. The summed E-state index contributed by atoms with van der Waals surface area (Å²) in [5.74, 6) is 1.70. The molecule has 4 nitrogen and oxygen atoms in total. The van der Waals surface area contributed by atoms with E-state index in [4.69, 9.17) is 15.2 Å². The van der Waals surface area contributed by atoms with Crippen LogP contribution in [0, 0.1) is 13.8 Å². The molecule has 0 amide bonds. The van der Waals surface area contributed by atoms with Crippen molar-refractivity contribution in [3.63, 3.8) is 0 Å². The molecular weight excluding hydrogens is 228 g/mol. The van der Waals surface area contributed by atoms with Crippen molar-refractivity contribution in [3.8, 4) is 11.5 Å². The minimum Gasteiger partial charge on any atom is -0.496 e. The summed E-state index contributed by atoms with van der Waals surface area (Å²) >= 11 is 0. The van der Waals surface area contributed by atoms with Crippen molar-refractivity contribution in [2.45, 2.75) is 33.2 Å². The SMILES string of the molecule is COc1cc(NCC(C)(C)N)c(OC)c(C)c1C. The standard InChI is InChI=1S/C14H24N2O2/c1-9-10(2)13(18-6)11(7-12(9)17-5)16-8-14(3,4)15/h7,16H,8,15H2,1-6H3. The lowest BCUT2D eigenvalue weighted by molar-refractivity contribution is 0.399. The van der Waals surface area contributed by atoms with Crippen molar-refractivity contribution in [1.29, 1.82) is 0 Å². The van der Waals surface area contributed by atoms with Gasteiger partial charge in [0.2, 0.25) is 0 Å². The van der Waals surface area contributed by atoms with Gasteiger partial charge in [0, 0.05) is 18.2 Å². The summed E-state index contributed by atoms with van der Waals surface area (Å²) in [6.07, 6.45) is 0. The van der Waals surface area contributed by atoms with Gasteiger partial charge in [0.25, 0.3) is 0 Å². The number of methoxy groups -OCH3 is 2. The van der Waals surface area contributed by atoms with E-state index in [1.807, 2.05) is 33.8 Å². The maximum atomic E-state index is 5.98. The van der Waals surface area contributed by atoms with Crippen molar-refractivity contribution in [1.82, 2.24) is 0 Å². The molecular formula is C14H24N2O2. The third kappa shape index (κ3) is 3.29. The summed E-state index contributed by atoms with van der Waals surface area (Å²) in [5, 5.41) is 3.32. The van der Waals surface area contributed by atoms with Crippen LogP contribution in [-0.2, 0) is 0 Å². The normalized spacial score (nSPS) is 11.3. The van der Waals surface area contributed by atoms with Gasteiger partial charge in [-0.3, -0.25) is 0 Å². The fourth-order valence-electron chi connectivity index (χ4n) is 1.79. The lowest BCUT2D eigenvalue weighted by Gasteiger charge is -2.23. The smallest absolute Gasteiger partial charge is 0.145 e. The van der Waals surface area contributed by atoms with Crippen molar-refractivity contribution in [2.24, 2.45) is 5.73 Å². The Morgan fingerprint density at radius 1 is 1.17 bits per heavy atom. The van der Waals surface area contributed by atoms with Crippen molar-refractivity contribution < 1.29 is 9.47 Å². The molecule has 0 saturated heterocycles. The summed E-state index contributed by atoms with van der Waals surface area (Å²) in [6, 6.07) is 1.95. The first-order chi connectivity index (χ1) is 8.30. The van der Waals surface area contributed by atoms with E-state index >= 15 is 0 Å². The highest BCUT2D eigenvalue weighted by molar-refractivity contribution is 5.66. The van der Waals surface area contributed by atoms with E-state index in [1.165, 1.54) is 0 Å². The molecule has 1 rings (SSSR count). The molecule has 4 heteroatoms. The molecule has 0 unspecified atom stereocenters. The maximum absolute atomic E-state index is 5.98. The zero-order valence-corrected chi connectivity index (χ0v) is 12.2. The molecule has 0 aliphatic carbocycles. The minimum atomic E-state index is -0.281. The molecule has 1 aromatic carbocycles. The van der Waals surface area contributed by atoms with Crippen LogP contribution in [0.4, 0.5) is 5.69 Å². The Bertz CT molecular complexity index is 423. The topological polar surface area (TPSA) is 56.5 Å². The first-order valence-electron chi connectivity index (χ1n) is 6.05. The van der Waals surface area contributed by atoms with Crippen molar-refractivity contribution in [2.75, 3.05) is 26.1 Å². The molecule has 0 bridgehead atoms. The van der Waals surface area contributed by atoms with Crippen LogP contribution in [0.2, 0.25) is 0 Å². The fraction of sp³-hybridized carbons (Fsp3) is 0.571. The van der Waals surface area contributed by atoms with E-state index in [-0.39, 0.29) is 5.54 Å². The van der Waals surface area contributed by atoms with Crippen LogP contribution < -0.4 is 20.5 Å². The lowest BCUT2D eigenvalue weighted by Crippen LogP contribution is -2.39. The van der Waals surface area contributed by atoms with Gasteiger partial charge in [-0.25, -0.2) is 0 Å². The number of rotatable bonds is 5. The predicted octanol–water partition coefficient (Wildman–Crippen LogP) is 2.47. The first-order valence-corrected chi connectivity index (χ1v) is 6.05. The van der Waals surface area contributed by atoms with Gasteiger partial charge in [0.15, 0.2) is 0 Å². The quantitative estimate of drug-likeness (QED) is 0.845. The number of nitrogens with two attached hydrogens (primary N) is 1. The average molecular weight is 252 g/mol. The Labute approximate surface area is 109 Å². The van der Waals surface area contributed by atoms with E-state index in [1.54, 1.807) is 14.2 Å². The molecule has 0 saturated carbocycles. The number of hydrogen-bond donors (Lipinski definition) is 2. The van der Waals surface area contributed by atoms with Crippen molar-refractivity contribution in [3.05, 3.63) is 17.2 Å². The Morgan fingerprint density at radius 3 is 2.22 bits per heavy atom. The van der Waals surface area contributed by atoms with Crippen LogP contribution in [0.3, 0.4) is 0 Å². The maximum Gasteiger partial charge on any atom is 0.145 e. The van der Waals surface area contributed by atoms with Crippen LogP contribution in [-0.4, -0.2) is 26.3 Å². The molecule has 0 heterocycles. The fourth-order valence-corrected chi connectivity index (χ4v) is 1.79. The second-order valence-corrected chi connectivity index (χ2v) is 5.25. The zero-order chi connectivity index (χ0) is 13.9. The molecule has 102 valence electrons. The van der Waals surface area contributed by atoms with Gasteiger partial charge in [0.1, 0.15) is 11.5 Å². The van der Waals surface area contributed by atoms with Gasteiger partial charge in [-0.1, -0.05) is 0 Å². The van der Waals surface area contributed by atoms with Gasteiger partial charge in [-0.05, 0) is 38.8 Å². The Balaban J connectivity index is 3.13. The molecule has 0 radical (unpaired) electrons. The molecule has 0 aliphatic rings. The van der Waals surface area contributed by atoms with Gasteiger partial charge in [0.05, 0.1) is 19.9 Å². The number of hydrogen-bond acceptors (Lipinski definition) is 4. The third-order valence-electron chi connectivity index (χ3n) is 2.95. The summed E-state index contributed by atoms with van der Waals surface area (Å²) in [5.41, 5.74) is 8.78. The highest BCUT2D eigenvalue weighted by Gasteiger charge is 2.16. The number of benzene rings is 1. The predicted molar refractivity (Wildman–Crippen MR) is 75.8 cm³/mol. The van der Waals surface area contributed by atoms with E-state index in [0.29, 0.717) is 6.54 Å². The number of nitrogens with one attached hydrogen (secondary N) is 1. The molecule has 3 N–H and O–H groups in total. The van der Waals surface area contributed by atoms with E-state index in [9.17, 15) is 0 Å². The number of anilines is 1. The largest absolute Gasteiger partial charge is 0.496 e. The van der Waals surface area contributed by atoms with Gasteiger partial charge < -0.3 is 20.5 Å². The zero-order valence-electron chi connectivity index (χ0n) is 12.2. The lowest BCUT2D eigenvalue weighted by atomic mass is 10.0. The average Bonchev–Trinajstić information content (AvgIpc) is 2.29. The molecule has 0 aromatic heterocycles. The molecule has 0 aliphatic heterocycles. The Morgan fingerprint density at radius 2 is 1.78 bits per heavy atom. The van der Waals surface area contributed by atoms with Crippen LogP contribution in [0.5, 0.6) is 11.5 Å². The van der Waals surface area contributed by atoms with Crippen molar-refractivity contribution >= 4 is 5.69 Å². The van der Waals surface area contributed by atoms with E-state index in [2.05, 4.69) is 5.32 Å².